The molecule has 11 heteroatoms. The van der Waals surface area contributed by atoms with Crippen LogP contribution >= 0.6 is 22.7 Å². The Hall–Kier alpha value is -4.03. The Morgan fingerprint density at radius 1 is 0.595 bits per heavy atom. The van der Waals surface area contributed by atoms with Gasteiger partial charge >= 0.3 is 11.9 Å². The molecule has 189 valence electrons. The van der Waals surface area contributed by atoms with Crippen LogP contribution in [0.5, 0.6) is 0 Å². The first-order valence-electron chi connectivity index (χ1n) is 10.2. The van der Waals surface area contributed by atoms with Crippen LogP contribution in [0.1, 0.15) is 40.1 Å². The van der Waals surface area contributed by atoms with Crippen LogP contribution in [0.4, 0.5) is 11.4 Å². The molecule has 4 aromatic rings. The fourth-order valence-corrected chi connectivity index (χ4v) is 4.01. The number of benzene rings is 2. The van der Waals surface area contributed by atoms with E-state index in [2.05, 4.69) is 9.98 Å². The first-order chi connectivity index (χ1) is 17.4. The number of para-hydroxylation sites is 2. The van der Waals surface area contributed by atoms with Gasteiger partial charge in [-0.25, -0.2) is 9.59 Å². The minimum absolute atomic E-state index is 0. The van der Waals surface area contributed by atoms with Crippen LogP contribution in [-0.4, -0.2) is 46.1 Å². The van der Waals surface area contributed by atoms with Crippen molar-refractivity contribution >= 4 is 70.0 Å². The molecule has 0 aliphatic heterocycles. The number of aliphatic imine (C=N–C) groups is 2. The summed E-state index contributed by atoms with van der Waals surface area (Å²) >= 11 is 2.64. The summed E-state index contributed by atoms with van der Waals surface area (Å²) in [5.74, 6) is -2.59. The van der Waals surface area contributed by atoms with Crippen molar-refractivity contribution < 1.29 is 46.2 Å². The summed E-state index contributed by atoms with van der Waals surface area (Å²) in [7, 11) is 0. The zero-order valence-electron chi connectivity index (χ0n) is 18.8. The van der Waals surface area contributed by atoms with Crippen LogP contribution in [0.25, 0.3) is 0 Å². The summed E-state index contributed by atoms with van der Waals surface area (Å²) in [6, 6.07) is 19.5. The van der Waals surface area contributed by atoms with Crippen molar-refractivity contribution in [1.82, 2.24) is 0 Å². The molecule has 2 heterocycles. The molecule has 0 aliphatic carbocycles. The molecule has 0 saturated carbocycles. The van der Waals surface area contributed by atoms with Gasteiger partial charge in [0.05, 0.1) is 44.7 Å². The molecule has 8 nitrogen and oxygen atoms in total. The van der Waals surface area contributed by atoms with Crippen LogP contribution in [0.15, 0.2) is 93.5 Å². The third kappa shape index (κ3) is 8.54. The molecule has 0 spiro atoms. The van der Waals surface area contributed by atoms with Gasteiger partial charge in [-0.1, -0.05) is 36.4 Å². The molecule has 2 N–H and O–H groups in total. The number of carbonyl (C=O) groups is 4. The number of Topliss-reactive ketones (excluding diaryl/α,β-unsaturated/α-hetero) is 2. The number of nitrogens with zero attached hydrogens (tertiary/aromatic N) is 2. The SMILES string of the molecule is O=C(C=Nc1ccccc1C(=O)O)c1cccs1.O=C(C=Nc1ccccc1C(=O)O)c1cccs1.[Co]. The Morgan fingerprint density at radius 3 is 1.30 bits per heavy atom. The van der Waals surface area contributed by atoms with Gasteiger partial charge in [-0.2, -0.15) is 0 Å². The Bertz CT molecular complexity index is 1320. The van der Waals surface area contributed by atoms with Gasteiger partial charge in [-0.05, 0) is 47.2 Å². The van der Waals surface area contributed by atoms with Gasteiger partial charge in [0.25, 0.3) is 0 Å². The second-order valence-corrected chi connectivity index (χ2v) is 8.74. The van der Waals surface area contributed by atoms with Crippen molar-refractivity contribution in [3.63, 3.8) is 0 Å². The molecule has 1 radical (unpaired) electrons. The van der Waals surface area contributed by atoms with E-state index < -0.39 is 11.9 Å². The third-order valence-electron chi connectivity index (χ3n) is 4.44. The first-order valence-corrected chi connectivity index (χ1v) is 12.0. The van der Waals surface area contributed by atoms with E-state index in [1.54, 1.807) is 71.4 Å². The van der Waals surface area contributed by atoms with Crippen LogP contribution in [0.2, 0.25) is 0 Å². The van der Waals surface area contributed by atoms with Gasteiger partial charge in [0.1, 0.15) is 0 Å². The predicted octanol–water partition coefficient (Wildman–Crippen LogP) is 6.06. The number of hydrogen-bond acceptors (Lipinski definition) is 8. The second kappa shape index (κ2) is 14.5. The Kier molecular flexibility index (Phi) is 11.4. The maximum atomic E-state index is 11.7. The average molecular weight is 578 g/mol. The maximum Gasteiger partial charge on any atom is 0.337 e. The number of aromatic carboxylic acids is 2. The number of thiophene rings is 2. The minimum atomic E-state index is -1.06. The zero-order valence-corrected chi connectivity index (χ0v) is 21.5. The van der Waals surface area contributed by atoms with Crippen molar-refractivity contribution in [2.45, 2.75) is 0 Å². The number of carbonyl (C=O) groups excluding carboxylic acids is 2. The van der Waals surface area contributed by atoms with Crippen molar-refractivity contribution in [1.29, 1.82) is 0 Å². The van der Waals surface area contributed by atoms with E-state index in [1.807, 2.05) is 0 Å². The molecular formula is C26H18CoN2O6S2. The zero-order chi connectivity index (χ0) is 25.9. The smallest absolute Gasteiger partial charge is 0.337 e. The number of rotatable bonds is 8. The van der Waals surface area contributed by atoms with E-state index >= 15 is 0 Å². The number of carboxylic acid groups (broad SMARTS) is 2. The van der Waals surface area contributed by atoms with E-state index in [4.69, 9.17) is 10.2 Å². The molecule has 0 bridgehead atoms. The number of hydrogen-bond donors (Lipinski definition) is 2. The van der Waals surface area contributed by atoms with Gasteiger partial charge in [-0.15, -0.1) is 22.7 Å². The van der Waals surface area contributed by atoms with Gasteiger partial charge in [0, 0.05) is 16.8 Å². The molecule has 4 rings (SSSR count). The Morgan fingerprint density at radius 2 is 0.973 bits per heavy atom. The summed E-state index contributed by atoms with van der Waals surface area (Å²) in [5.41, 5.74) is 0.699. The molecule has 0 saturated heterocycles. The van der Waals surface area contributed by atoms with E-state index in [9.17, 15) is 19.2 Å². The Balaban J connectivity index is 0.000000253. The van der Waals surface area contributed by atoms with Crippen LogP contribution in [-0.2, 0) is 16.8 Å². The summed E-state index contributed by atoms with van der Waals surface area (Å²) in [6.45, 7) is 0. The minimum Gasteiger partial charge on any atom is -0.478 e. The van der Waals surface area contributed by atoms with Crippen molar-refractivity contribution in [3.05, 3.63) is 104 Å². The molecule has 0 unspecified atom stereocenters. The van der Waals surface area contributed by atoms with Crippen molar-refractivity contribution in [2.24, 2.45) is 9.98 Å². The van der Waals surface area contributed by atoms with Gasteiger partial charge in [0.15, 0.2) is 0 Å². The fraction of sp³-hybridized carbons (Fsp3) is 0. The molecule has 0 atom stereocenters. The van der Waals surface area contributed by atoms with E-state index in [1.165, 1.54) is 34.8 Å². The fourth-order valence-electron chi connectivity index (χ4n) is 2.76. The van der Waals surface area contributed by atoms with E-state index in [0.717, 1.165) is 12.4 Å². The summed E-state index contributed by atoms with van der Waals surface area (Å²) in [4.78, 5) is 54.2. The van der Waals surface area contributed by atoms with Crippen LogP contribution in [0.3, 0.4) is 0 Å². The quantitative estimate of drug-likeness (QED) is 0.193. The normalized spacial score (nSPS) is 10.4. The summed E-state index contributed by atoms with van der Waals surface area (Å²) in [6.07, 6.45) is 2.29. The topological polar surface area (TPSA) is 133 Å². The first kappa shape index (κ1) is 29.2. The monoisotopic (exact) mass is 577 g/mol. The van der Waals surface area contributed by atoms with Crippen molar-refractivity contribution in [2.75, 3.05) is 0 Å². The van der Waals surface area contributed by atoms with E-state index in [0.29, 0.717) is 9.75 Å². The predicted molar refractivity (Wildman–Crippen MR) is 140 cm³/mol. The number of carboxylic acids is 2. The van der Waals surface area contributed by atoms with Gasteiger partial charge in [0.2, 0.25) is 11.6 Å². The van der Waals surface area contributed by atoms with Gasteiger partial charge < -0.3 is 10.2 Å². The molecule has 0 amide bonds. The van der Waals surface area contributed by atoms with Crippen molar-refractivity contribution in [3.8, 4) is 0 Å². The molecular weight excluding hydrogens is 559 g/mol. The molecule has 2 aromatic heterocycles. The maximum absolute atomic E-state index is 11.7. The third-order valence-corrected chi connectivity index (χ3v) is 6.21. The average Bonchev–Trinajstić information content (AvgIpc) is 3.61. The van der Waals surface area contributed by atoms with Crippen LogP contribution in [0, 0.1) is 0 Å². The van der Waals surface area contributed by atoms with E-state index in [-0.39, 0.29) is 50.8 Å². The van der Waals surface area contributed by atoms with Crippen LogP contribution < -0.4 is 0 Å². The second-order valence-electron chi connectivity index (χ2n) is 6.84. The molecule has 0 aliphatic rings. The molecule has 2 aromatic carbocycles. The summed E-state index contributed by atoms with van der Waals surface area (Å²) in [5, 5.41) is 21.5. The molecule has 37 heavy (non-hydrogen) atoms. The Labute approximate surface area is 229 Å². The standard InChI is InChI=1S/2C13H9NO3S.Co/c2*15-11(12-6-3-7-18-12)8-14-10-5-2-1-4-9(10)13(16)17;/h2*1-8H,(H,16,17);. The molecule has 0 fully saturated rings. The number of ketones is 2. The largest absolute Gasteiger partial charge is 0.478 e. The van der Waals surface area contributed by atoms with Gasteiger partial charge in [-0.3, -0.25) is 19.6 Å². The summed E-state index contributed by atoms with van der Waals surface area (Å²) < 4.78 is 0.